The molecule has 1 unspecified atom stereocenters. The Hall–Kier alpha value is -3.08. The summed E-state index contributed by atoms with van der Waals surface area (Å²) in [5.74, 6) is -2.13. The first kappa shape index (κ1) is 25.5. The highest BCUT2D eigenvalue weighted by Crippen LogP contribution is 2.38. The summed E-state index contributed by atoms with van der Waals surface area (Å²) in [6.07, 6.45) is -6.31. The number of carboxylic acid groups (broad SMARTS) is 1. The van der Waals surface area contributed by atoms with Crippen molar-refractivity contribution in [1.29, 1.82) is 0 Å². The quantitative estimate of drug-likeness (QED) is 0.169. The first-order chi connectivity index (χ1) is 16.0. The van der Waals surface area contributed by atoms with Crippen LogP contribution < -0.4 is 10.1 Å². The first-order valence-electron chi connectivity index (χ1n) is 9.44. The van der Waals surface area contributed by atoms with Crippen LogP contribution in [-0.4, -0.2) is 16.2 Å². The van der Waals surface area contributed by atoms with Crippen LogP contribution in [0.15, 0.2) is 70.8 Å². The Balaban J connectivity index is 1.86. The lowest BCUT2D eigenvalue weighted by Crippen LogP contribution is -2.28. The zero-order chi connectivity index (χ0) is 25.0. The molecule has 3 aromatic carbocycles. The highest BCUT2D eigenvalue weighted by Gasteiger charge is 2.37. The summed E-state index contributed by atoms with van der Waals surface area (Å²) in [6, 6.07) is 14.4. The Bertz CT molecular complexity index is 1230. The Morgan fingerprint density at radius 3 is 2.32 bits per heavy atom. The van der Waals surface area contributed by atoms with E-state index in [0.29, 0.717) is 29.2 Å². The molecule has 0 aliphatic heterocycles. The number of aliphatic hydroxyl groups excluding tert-OH is 1. The monoisotopic (exact) mass is 559 g/mol. The van der Waals surface area contributed by atoms with Gasteiger partial charge in [-0.15, -0.1) is 0 Å². The van der Waals surface area contributed by atoms with E-state index >= 15 is 0 Å². The Kier molecular flexibility index (Phi) is 7.86. The lowest BCUT2D eigenvalue weighted by Gasteiger charge is -2.21. The van der Waals surface area contributed by atoms with Crippen molar-refractivity contribution in [1.82, 2.24) is 5.32 Å². The maximum atomic E-state index is 14.4. The molecule has 0 aliphatic carbocycles. The minimum atomic E-state index is -5.01. The molecule has 3 rings (SSSR count). The van der Waals surface area contributed by atoms with Gasteiger partial charge in [0.1, 0.15) is 23.0 Å². The van der Waals surface area contributed by atoms with Gasteiger partial charge in [0, 0.05) is 0 Å². The van der Waals surface area contributed by atoms with Crippen molar-refractivity contribution in [2.75, 3.05) is 0 Å². The Labute approximate surface area is 204 Å². The average molecular weight is 561 g/mol. The summed E-state index contributed by atoms with van der Waals surface area (Å²) in [6.45, 7) is 0. The number of alkyl halides is 3. The minimum absolute atomic E-state index is 0.319. The third-order valence-corrected chi connectivity index (χ3v) is 5.44. The Morgan fingerprint density at radius 1 is 1.09 bits per heavy atom. The molecule has 3 N–H and O–H groups in total. The van der Waals surface area contributed by atoms with E-state index in [2.05, 4.69) is 15.9 Å². The van der Waals surface area contributed by atoms with Gasteiger partial charge in [-0.1, -0.05) is 35.9 Å². The highest BCUT2D eigenvalue weighted by atomic mass is 79.9. The Morgan fingerprint density at radius 2 is 1.74 bits per heavy atom. The molecular weight excluding hydrogens is 546 g/mol. The number of para-hydroxylation sites is 1. The van der Waals surface area contributed by atoms with Gasteiger partial charge in [-0.2, -0.15) is 13.2 Å². The molecule has 0 aromatic heterocycles. The second kappa shape index (κ2) is 10.5. The summed E-state index contributed by atoms with van der Waals surface area (Å²) in [5.41, 5.74) is -3.07. The number of aliphatic carboxylic acids is 1. The van der Waals surface area contributed by atoms with E-state index in [1.54, 1.807) is 30.3 Å². The SMILES string of the molecule is O=C(O)/C(=C/c1ccc(Oc2ccccc2Br)cc1)NC(O)c1c(C(F)(F)F)ccc(Cl)c1F. The summed E-state index contributed by atoms with van der Waals surface area (Å²) < 4.78 is 60.6. The van der Waals surface area contributed by atoms with Crippen LogP contribution in [0, 0.1) is 5.82 Å². The predicted molar refractivity (Wildman–Crippen MR) is 121 cm³/mol. The molecule has 0 saturated heterocycles. The molecular formula is C23H15BrClF4NO4. The minimum Gasteiger partial charge on any atom is -0.477 e. The normalized spacial score (nSPS) is 12.9. The second-order valence-electron chi connectivity index (χ2n) is 6.83. The van der Waals surface area contributed by atoms with E-state index in [0.717, 1.165) is 10.5 Å². The third kappa shape index (κ3) is 6.07. The standard InChI is InChI=1S/C23H15BrClF4NO4/c24-15-3-1-2-4-18(15)34-13-7-5-12(6-8-13)11-17(22(32)33)30-21(31)19-14(23(27,28)29)9-10-16(25)20(19)26/h1-11,21,30-31H,(H,32,33)/b17-11-. The number of carbonyl (C=O) groups is 1. The topological polar surface area (TPSA) is 78.8 Å². The maximum Gasteiger partial charge on any atom is 0.416 e. The van der Waals surface area contributed by atoms with Crippen molar-refractivity contribution < 1.29 is 37.3 Å². The molecule has 1 atom stereocenters. The van der Waals surface area contributed by atoms with Crippen LogP contribution in [0.4, 0.5) is 17.6 Å². The molecule has 0 radical (unpaired) electrons. The van der Waals surface area contributed by atoms with Gasteiger partial charge < -0.3 is 20.3 Å². The number of benzene rings is 3. The van der Waals surface area contributed by atoms with Crippen molar-refractivity contribution in [3.8, 4) is 11.5 Å². The zero-order valence-corrected chi connectivity index (χ0v) is 19.2. The molecule has 0 bridgehead atoms. The number of ether oxygens (including phenoxy) is 1. The third-order valence-electron chi connectivity index (χ3n) is 4.49. The van der Waals surface area contributed by atoms with Crippen LogP contribution in [0.5, 0.6) is 11.5 Å². The van der Waals surface area contributed by atoms with Crippen LogP contribution in [0.25, 0.3) is 6.08 Å². The number of nitrogens with one attached hydrogen (secondary N) is 1. The largest absolute Gasteiger partial charge is 0.477 e. The lowest BCUT2D eigenvalue weighted by molar-refractivity contribution is -0.139. The van der Waals surface area contributed by atoms with Crippen LogP contribution >= 0.6 is 27.5 Å². The van der Waals surface area contributed by atoms with E-state index in [1.807, 2.05) is 11.4 Å². The number of hydrogen-bond acceptors (Lipinski definition) is 4. The van der Waals surface area contributed by atoms with Gasteiger partial charge >= 0.3 is 12.1 Å². The smallest absolute Gasteiger partial charge is 0.416 e. The van der Waals surface area contributed by atoms with Crippen LogP contribution in [0.3, 0.4) is 0 Å². The summed E-state index contributed by atoms with van der Waals surface area (Å²) in [5, 5.41) is 21.1. The molecule has 3 aromatic rings. The van der Waals surface area contributed by atoms with E-state index in [4.69, 9.17) is 16.3 Å². The lowest BCUT2D eigenvalue weighted by atomic mass is 10.0. The number of aliphatic hydroxyl groups is 1. The average Bonchev–Trinajstić information content (AvgIpc) is 2.77. The number of carboxylic acids is 1. The molecule has 0 saturated carbocycles. The zero-order valence-electron chi connectivity index (χ0n) is 16.9. The van der Waals surface area contributed by atoms with E-state index in [-0.39, 0.29) is 0 Å². The van der Waals surface area contributed by atoms with E-state index in [9.17, 15) is 32.6 Å². The van der Waals surface area contributed by atoms with Crippen LogP contribution in [0.1, 0.15) is 22.9 Å². The molecule has 0 fully saturated rings. The van der Waals surface area contributed by atoms with Crippen molar-refractivity contribution in [3.63, 3.8) is 0 Å². The molecule has 5 nitrogen and oxygen atoms in total. The van der Waals surface area contributed by atoms with Crippen molar-refractivity contribution in [3.05, 3.63) is 98.4 Å². The first-order valence-corrected chi connectivity index (χ1v) is 10.6. The van der Waals surface area contributed by atoms with Crippen LogP contribution in [-0.2, 0) is 11.0 Å². The fraction of sp³-hybridized carbons (Fsp3) is 0.0870. The van der Waals surface area contributed by atoms with Gasteiger partial charge in [-0.05, 0) is 64.0 Å². The summed E-state index contributed by atoms with van der Waals surface area (Å²) >= 11 is 8.91. The van der Waals surface area contributed by atoms with Crippen LogP contribution in [0.2, 0.25) is 5.02 Å². The van der Waals surface area contributed by atoms with Crippen molar-refractivity contribution >= 4 is 39.6 Å². The maximum absolute atomic E-state index is 14.4. The second-order valence-corrected chi connectivity index (χ2v) is 8.09. The molecule has 0 aliphatic rings. The van der Waals surface area contributed by atoms with Gasteiger partial charge in [-0.25, -0.2) is 9.18 Å². The summed E-state index contributed by atoms with van der Waals surface area (Å²) in [7, 11) is 0. The molecule has 0 heterocycles. The number of hydrogen-bond donors (Lipinski definition) is 3. The molecule has 11 heteroatoms. The number of halogens is 6. The highest BCUT2D eigenvalue weighted by molar-refractivity contribution is 9.10. The predicted octanol–water partition coefficient (Wildman–Crippen LogP) is 6.76. The van der Waals surface area contributed by atoms with Crippen molar-refractivity contribution in [2.24, 2.45) is 0 Å². The summed E-state index contributed by atoms with van der Waals surface area (Å²) in [4.78, 5) is 11.6. The van der Waals surface area contributed by atoms with Gasteiger partial charge in [0.05, 0.1) is 20.6 Å². The van der Waals surface area contributed by atoms with E-state index < -0.39 is 46.0 Å². The fourth-order valence-corrected chi connectivity index (χ4v) is 3.45. The van der Waals surface area contributed by atoms with Gasteiger partial charge in [0.15, 0.2) is 6.23 Å². The van der Waals surface area contributed by atoms with E-state index in [1.165, 1.54) is 12.1 Å². The molecule has 34 heavy (non-hydrogen) atoms. The number of rotatable bonds is 7. The molecule has 178 valence electrons. The van der Waals surface area contributed by atoms with Gasteiger partial charge in [0.2, 0.25) is 0 Å². The van der Waals surface area contributed by atoms with Gasteiger partial charge in [-0.3, -0.25) is 0 Å². The molecule has 0 spiro atoms. The molecule has 0 amide bonds. The fourth-order valence-electron chi connectivity index (χ4n) is 2.92. The van der Waals surface area contributed by atoms with Crippen molar-refractivity contribution in [2.45, 2.75) is 12.4 Å². The van der Waals surface area contributed by atoms with Gasteiger partial charge in [0.25, 0.3) is 0 Å².